The minimum Gasteiger partial charge on any atom is -0.298 e. The Morgan fingerprint density at radius 2 is 0.909 bits per heavy atom. The summed E-state index contributed by atoms with van der Waals surface area (Å²) in [6.07, 6.45) is 22.6. The lowest BCUT2D eigenvalue weighted by Crippen LogP contribution is -1.98. The largest absolute Gasteiger partial charge is 0.298 e. The molecule has 0 heterocycles. The van der Waals surface area contributed by atoms with Crippen molar-refractivity contribution in [1.82, 2.24) is 0 Å². The van der Waals surface area contributed by atoms with Crippen LogP contribution in [0.3, 0.4) is 0 Å². The first-order valence-electron chi connectivity index (χ1n) is 9.89. The molecule has 0 aromatic rings. The highest BCUT2D eigenvalue weighted by Gasteiger charge is 1.98. The van der Waals surface area contributed by atoms with E-state index < -0.39 is 0 Å². The topological polar surface area (TPSA) is 17.1 Å². The summed E-state index contributed by atoms with van der Waals surface area (Å²) < 4.78 is 0. The summed E-state index contributed by atoms with van der Waals surface area (Å²) in [4.78, 5) is 11.0. The van der Waals surface area contributed by atoms with Gasteiger partial charge in [0.15, 0.2) is 0 Å². The van der Waals surface area contributed by atoms with Crippen LogP contribution in [0.15, 0.2) is 0 Å². The van der Waals surface area contributed by atoms with Gasteiger partial charge in [0.1, 0.15) is 5.78 Å². The second-order valence-corrected chi connectivity index (χ2v) is 6.99. The Morgan fingerprint density at radius 1 is 0.591 bits per heavy atom. The van der Waals surface area contributed by atoms with Crippen LogP contribution in [0.1, 0.15) is 116 Å². The quantitative estimate of drug-likeness (QED) is 0.188. The summed E-state index contributed by atoms with van der Waals surface area (Å²) in [5.41, 5.74) is 0. The molecule has 0 atom stereocenters. The number of unbranched alkanes of at least 4 members (excludes halogenated alkanes) is 15. The van der Waals surface area contributed by atoms with Crippen molar-refractivity contribution in [3.8, 4) is 0 Å². The molecule has 0 fully saturated rings. The number of ketones is 1. The van der Waals surface area contributed by atoms with Gasteiger partial charge in [-0.25, -0.2) is 0 Å². The van der Waals surface area contributed by atoms with Crippen molar-refractivity contribution in [2.45, 2.75) is 116 Å². The molecular formula is C20H39ClO. The van der Waals surface area contributed by atoms with Gasteiger partial charge in [-0.15, -0.1) is 11.6 Å². The monoisotopic (exact) mass is 330 g/mol. The van der Waals surface area contributed by atoms with E-state index in [0.29, 0.717) is 6.42 Å². The van der Waals surface area contributed by atoms with Crippen LogP contribution >= 0.6 is 11.6 Å². The van der Waals surface area contributed by atoms with E-state index in [2.05, 4.69) is 6.92 Å². The molecule has 0 saturated carbocycles. The molecule has 0 aliphatic rings. The van der Waals surface area contributed by atoms with Crippen molar-refractivity contribution < 1.29 is 4.79 Å². The van der Waals surface area contributed by atoms with E-state index in [0.717, 1.165) is 6.42 Å². The smallest absolute Gasteiger partial charge is 0.147 e. The average molecular weight is 331 g/mol. The molecule has 1 nitrogen and oxygen atoms in total. The highest BCUT2D eigenvalue weighted by Crippen LogP contribution is 2.14. The Labute approximate surface area is 144 Å². The van der Waals surface area contributed by atoms with Crippen molar-refractivity contribution in [3.63, 3.8) is 0 Å². The summed E-state index contributed by atoms with van der Waals surface area (Å²) in [5, 5.41) is 0. The average Bonchev–Trinajstić information content (AvgIpc) is 2.54. The molecular weight excluding hydrogens is 292 g/mol. The molecule has 0 aliphatic carbocycles. The molecule has 0 aromatic carbocycles. The molecule has 22 heavy (non-hydrogen) atoms. The lowest BCUT2D eigenvalue weighted by Gasteiger charge is -2.03. The van der Waals surface area contributed by atoms with Gasteiger partial charge in [-0.05, 0) is 6.42 Å². The third kappa shape index (κ3) is 18.0. The first kappa shape index (κ1) is 22.0. The third-order valence-electron chi connectivity index (χ3n) is 4.46. The predicted molar refractivity (Wildman–Crippen MR) is 99.9 cm³/mol. The van der Waals surface area contributed by atoms with Crippen LogP contribution in [0.25, 0.3) is 0 Å². The SMILES string of the molecule is CCCCCCCCCCCCCCCCCCC(=O)CCl. The van der Waals surface area contributed by atoms with Crippen LogP contribution in [0, 0.1) is 0 Å². The zero-order chi connectivity index (χ0) is 16.3. The molecule has 0 bridgehead atoms. The van der Waals surface area contributed by atoms with E-state index >= 15 is 0 Å². The normalized spacial score (nSPS) is 11.0. The standard InChI is InChI=1S/C20H39ClO/c1-2-3-4-5-6-7-8-9-10-11-12-13-14-15-16-17-18-20(22)19-21/h2-19H2,1H3. The Morgan fingerprint density at radius 3 is 1.23 bits per heavy atom. The lowest BCUT2D eigenvalue weighted by molar-refractivity contribution is -0.116. The highest BCUT2D eigenvalue weighted by molar-refractivity contribution is 6.27. The summed E-state index contributed by atoms with van der Waals surface area (Å²) in [7, 11) is 0. The fourth-order valence-corrected chi connectivity index (χ4v) is 3.07. The number of hydrogen-bond donors (Lipinski definition) is 0. The Bertz CT molecular complexity index is 228. The van der Waals surface area contributed by atoms with Gasteiger partial charge in [-0.2, -0.15) is 0 Å². The maximum absolute atomic E-state index is 11.0. The van der Waals surface area contributed by atoms with E-state index in [1.165, 1.54) is 96.3 Å². The Balaban J connectivity index is 2.98. The van der Waals surface area contributed by atoms with Gasteiger partial charge < -0.3 is 0 Å². The molecule has 0 saturated heterocycles. The van der Waals surface area contributed by atoms with Crippen molar-refractivity contribution >= 4 is 17.4 Å². The van der Waals surface area contributed by atoms with Gasteiger partial charge in [0, 0.05) is 6.42 Å². The maximum atomic E-state index is 11.0. The highest BCUT2D eigenvalue weighted by atomic mass is 35.5. The third-order valence-corrected chi connectivity index (χ3v) is 4.76. The summed E-state index contributed by atoms with van der Waals surface area (Å²) in [6, 6.07) is 0. The number of rotatable bonds is 18. The van der Waals surface area contributed by atoms with Crippen LogP contribution in [0.5, 0.6) is 0 Å². The second kappa shape index (κ2) is 19.0. The minimum atomic E-state index is 0.193. The molecule has 2 heteroatoms. The van der Waals surface area contributed by atoms with E-state index in [9.17, 15) is 4.79 Å². The van der Waals surface area contributed by atoms with Crippen molar-refractivity contribution in [2.24, 2.45) is 0 Å². The van der Waals surface area contributed by atoms with Crippen LogP contribution in [0.4, 0.5) is 0 Å². The molecule has 0 N–H and O–H groups in total. The van der Waals surface area contributed by atoms with Gasteiger partial charge in [0.2, 0.25) is 0 Å². The van der Waals surface area contributed by atoms with Crippen molar-refractivity contribution in [3.05, 3.63) is 0 Å². The zero-order valence-corrected chi connectivity index (χ0v) is 15.8. The number of carbonyl (C=O) groups is 1. The van der Waals surface area contributed by atoms with Gasteiger partial charge in [0.05, 0.1) is 5.88 Å². The Kier molecular flexibility index (Phi) is 19.0. The van der Waals surface area contributed by atoms with Crippen LogP contribution in [-0.4, -0.2) is 11.7 Å². The first-order chi connectivity index (χ1) is 10.8. The molecule has 132 valence electrons. The fourth-order valence-electron chi connectivity index (χ4n) is 2.94. The van der Waals surface area contributed by atoms with Crippen molar-refractivity contribution in [2.75, 3.05) is 5.88 Å². The number of Topliss-reactive ketones (excluding diaryl/α,β-unsaturated/α-hetero) is 1. The maximum Gasteiger partial charge on any atom is 0.147 e. The van der Waals surface area contributed by atoms with E-state index in [-0.39, 0.29) is 11.7 Å². The number of alkyl halides is 1. The molecule has 0 amide bonds. The summed E-state index contributed by atoms with van der Waals surface area (Å²) >= 11 is 5.47. The predicted octanol–water partition coefficient (Wildman–Crippen LogP) is 7.45. The fraction of sp³-hybridized carbons (Fsp3) is 0.950. The lowest BCUT2D eigenvalue weighted by atomic mass is 10.0. The van der Waals surface area contributed by atoms with Crippen LogP contribution < -0.4 is 0 Å². The number of halogens is 1. The van der Waals surface area contributed by atoms with Crippen LogP contribution in [0.2, 0.25) is 0 Å². The number of carbonyl (C=O) groups excluding carboxylic acids is 1. The van der Waals surface area contributed by atoms with Gasteiger partial charge in [0.25, 0.3) is 0 Å². The van der Waals surface area contributed by atoms with Crippen LogP contribution in [-0.2, 0) is 4.79 Å². The van der Waals surface area contributed by atoms with E-state index in [4.69, 9.17) is 11.6 Å². The molecule has 0 aromatic heterocycles. The number of hydrogen-bond acceptors (Lipinski definition) is 1. The van der Waals surface area contributed by atoms with E-state index in [1.807, 2.05) is 0 Å². The Hall–Kier alpha value is -0.0400. The van der Waals surface area contributed by atoms with Gasteiger partial charge in [-0.1, -0.05) is 103 Å². The van der Waals surface area contributed by atoms with E-state index in [1.54, 1.807) is 0 Å². The molecule has 0 spiro atoms. The molecule has 0 unspecified atom stereocenters. The minimum absolute atomic E-state index is 0.193. The summed E-state index contributed by atoms with van der Waals surface area (Å²) in [6.45, 7) is 2.28. The molecule has 0 radical (unpaired) electrons. The zero-order valence-electron chi connectivity index (χ0n) is 15.0. The summed E-state index contributed by atoms with van der Waals surface area (Å²) in [5.74, 6) is 0.394. The molecule has 0 aliphatic heterocycles. The van der Waals surface area contributed by atoms with Gasteiger partial charge >= 0.3 is 0 Å². The molecule has 0 rings (SSSR count). The first-order valence-corrected chi connectivity index (χ1v) is 10.4. The second-order valence-electron chi connectivity index (χ2n) is 6.73. The van der Waals surface area contributed by atoms with Gasteiger partial charge in [-0.3, -0.25) is 4.79 Å². The van der Waals surface area contributed by atoms with Crippen molar-refractivity contribution in [1.29, 1.82) is 0 Å².